The summed E-state index contributed by atoms with van der Waals surface area (Å²) in [7, 11) is 0. The first kappa shape index (κ1) is 39.3. The summed E-state index contributed by atoms with van der Waals surface area (Å²) >= 11 is 0. The summed E-state index contributed by atoms with van der Waals surface area (Å²) in [4.78, 5) is 40.2. The summed E-state index contributed by atoms with van der Waals surface area (Å²) < 4.78 is 15.9. The third kappa shape index (κ3) is 9.82. The molecule has 0 saturated heterocycles. The van der Waals surface area contributed by atoms with Crippen LogP contribution in [0.1, 0.15) is 65.7 Å². The van der Waals surface area contributed by atoms with Gasteiger partial charge in [0.25, 0.3) is 5.91 Å². The Morgan fingerprint density at radius 1 is 0.891 bits per heavy atom. The number of carbonyl (C=O) groups is 3. The minimum absolute atomic E-state index is 0. The number of aliphatic carboxylic acids is 1. The van der Waals surface area contributed by atoms with E-state index in [9.17, 15) is 39.2 Å². The molecule has 0 fully saturated rings. The van der Waals surface area contributed by atoms with Crippen LogP contribution in [0.3, 0.4) is 0 Å². The molecule has 1 amide bonds. The number of hydrogen-bond donors (Lipinski definition) is 3. The van der Waals surface area contributed by atoms with E-state index in [4.69, 9.17) is 0 Å². The predicted octanol–water partition coefficient (Wildman–Crippen LogP) is -3.25. The zero-order valence-corrected chi connectivity index (χ0v) is 30.2. The standard InChI is InChI=1S/C33H34FN3O7.2Na/c1-19(2)37-26(14-13-24(38)16-25(39)17-28(40)41)29(21-8-11-23(34)12-9-21)30(20-6-4-3-5-7-20)31(37)32(42)36-27-15-10-22(18-35-27)33(43)44;;/h3-12,15,18-19,24-25,38-39H,13-14,16-17H2,1-2H3,(H,40,41)(H,43,44)(H,35,36,42);;/q;2*+1/p-2/t24-,25-;;/m1../s1. The van der Waals surface area contributed by atoms with Crippen LogP contribution in [0.25, 0.3) is 22.3 Å². The maximum absolute atomic E-state index is 14.1. The Morgan fingerprint density at radius 2 is 1.52 bits per heavy atom. The monoisotopic (exact) mass is 647 g/mol. The van der Waals surface area contributed by atoms with Crippen molar-refractivity contribution in [2.24, 2.45) is 0 Å². The molecule has 2 aromatic carbocycles. The van der Waals surface area contributed by atoms with Crippen molar-refractivity contribution in [2.45, 2.75) is 57.8 Å². The number of anilines is 1. The van der Waals surface area contributed by atoms with Gasteiger partial charge in [-0.15, -0.1) is 0 Å². The number of nitrogens with zero attached hydrogens (tertiary/aromatic N) is 2. The van der Waals surface area contributed by atoms with Crippen molar-refractivity contribution in [1.82, 2.24) is 9.55 Å². The third-order valence-electron chi connectivity index (χ3n) is 7.14. The van der Waals surface area contributed by atoms with Crippen LogP contribution in [0, 0.1) is 5.82 Å². The van der Waals surface area contributed by atoms with Crippen molar-refractivity contribution in [3.63, 3.8) is 0 Å². The number of carboxylic acid groups (broad SMARTS) is 2. The number of carbonyl (C=O) groups excluding carboxylic acids is 3. The average Bonchev–Trinajstić information content (AvgIpc) is 3.32. The first-order valence-electron chi connectivity index (χ1n) is 14.1. The topological polar surface area (TPSA) is 168 Å². The normalized spacial score (nSPS) is 12.0. The second kappa shape index (κ2) is 17.9. The van der Waals surface area contributed by atoms with Crippen LogP contribution in [-0.4, -0.2) is 49.8 Å². The molecule has 230 valence electrons. The molecule has 0 radical (unpaired) electrons. The molecule has 0 saturated carbocycles. The second-order valence-corrected chi connectivity index (χ2v) is 10.7. The van der Waals surface area contributed by atoms with Gasteiger partial charge in [-0.3, -0.25) is 4.79 Å². The van der Waals surface area contributed by atoms with Gasteiger partial charge >= 0.3 is 59.1 Å². The van der Waals surface area contributed by atoms with Gasteiger partial charge in [-0.1, -0.05) is 42.5 Å². The third-order valence-corrected chi connectivity index (χ3v) is 7.14. The van der Waals surface area contributed by atoms with Gasteiger partial charge in [0.2, 0.25) is 0 Å². The van der Waals surface area contributed by atoms with E-state index in [2.05, 4.69) is 10.3 Å². The molecule has 0 spiro atoms. The van der Waals surface area contributed by atoms with Gasteiger partial charge in [0.15, 0.2) is 0 Å². The number of aromatic carboxylic acids is 1. The Bertz CT molecular complexity index is 1630. The fraction of sp³-hybridized carbons (Fsp3) is 0.273. The minimum Gasteiger partial charge on any atom is -0.550 e. The molecule has 0 bridgehead atoms. The Balaban J connectivity index is 0.00000368. The van der Waals surface area contributed by atoms with Crippen molar-refractivity contribution < 1.29 is 98.3 Å². The molecule has 0 unspecified atom stereocenters. The Labute approximate surface area is 310 Å². The van der Waals surface area contributed by atoms with Gasteiger partial charge in [-0.05, 0) is 68.5 Å². The number of nitrogens with one attached hydrogen (secondary N) is 1. The summed E-state index contributed by atoms with van der Waals surface area (Å²) in [5, 5.41) is 45.5. The maximum atomic E-state index is 14.1. The van der Waals surface area contributed by atoms with Gasteiger partial charge in [0, 0.05) is 47.0 Å². The van der Waals surface area contributed by atoms with Gasteiger partial charge in [0.1, 0.15) is 17.3 Å². The fourth-order valence-electron chi connectivity index (χ4n) is 5.27. The SMILES string of the molecule is CC(C)n1c(CC[C@@H](O)C[C@@H](O)CC(=O)[O-])c(-c2ccc(F)cc2)c(-c2ccccc2)c1C(=O)Nc1ccc(C(=O)[O-])cn1.[Na+].[Na+]. The largest absolute Gasteiger partial charge is 1.00 e. The van der Waals surface area contributed by atoms with E-state index in [1.807, 2.05) is 48.7 Å². The van der Waals surface area contributed by atoms with Crippen molar-refractivity contribution in [3.05, 3.63) is 95.7 Å². The number of pyridine rings is 1. The molecule has 0 aliphatic rings. The summed E-state index contributed by atoms with van der Waals surface area (Å²) in [5.74, 6) is -3.70. The van der Waals surface area contributed by atoms with E-state index in [1.54, 1.807) is 12.1 Å². The molecule has 2 heterocycles. The van der Waals surface area contributed by atoms with Crippen LogP contribution < -0.4 is 74.6 Å². The van der Waals surface area contributed by atoms with Gasteiger partial charge < -0.3 is 39.9 Å². The van der Waals surface area contributed by atoms with Gasteiger partial charge in [-0.2, -0.15) is 0 Å². The van der Waals surface area contributed by atoms with Gasteiger partial charge in [0.05, 0.1) is 18.2 Å². The first-order valence-corrected chi connectivity index (χ1v) is 14.1. The van der Waals surface area contributed by atoms with Crippen LogP contribution in [-0.2, 0) is 11.2 Å². The molecule has 2 atom stereocenters. The molecule has 2 aromatic heterocycles. The number of hydrogen-bond acceptors (Lipinski definition) is 8. The van der Waals surface area contributed by atoms with Crippen LogP contribution >= 0.6 is 0 Å². The minimum atomic E-state index is -1.43. The first-order chi connectivity index (χ1) is 21.0. The van der Waals surface area contributed by atoms with Crippen molar-refractivity contribution in [3.8, 4) is 22.3 Å². The summed E-state index contributed by atoms with van der Waals surface area (Å²) in [6.45, 7) is 3.77. The molecule has 10 nitrogen and oxygen atoms in total. The fourth-order valence-corrected chi connectivity index (χ4v) is 5.27. The van der Waals surface area contributed by atoms with E-state index in [-0.39, 0.29) is 101 Å². The van der Waals surface area contributed by atoms with E-state index >= 15 is 0 Å². The molecule has 0 aliphatic heterocycles. The summed E-state index contributed by atoms with van der Waals surface area (Å²) in [6.07, 6.45) is -1.73. The van der Waals surface area contributed by atoms with E-state index in [1.165, 1.54) is 24.3 Å². The van der Waals surface area contributed by atoms with Crippen LogP contribution in [0.4, 0.5) is 10.2 Å². The van der Waals surface area contributed by atoms with E-state index in [0.29, 0.717) is 27.9 Å². The molecule has 13 heteroatoms. The summed E-state index contributed by atoms with van der Waals surface area (Å²) in [6, 6.07) is 17.3. The molecule has 4 aromatic rings. The number of halogens is 1. The second-order valence-electron chi connectivity index (χ2n) is 10.7. The Morgan fingerprint density at radius 3 is 2.07 bits per heavy atom. The quantitative estimate of drug-likeness (QED) is 0.127. The number of aliphatic hydroxyl groups is 2. The number of carboxylic acids is 2. The van der Waals surface area contributed by atoms with Crippen LogP contribution in [0.15, 0.2) is 72.9 Å². The Hall–Kier alpha value is -2.87. The van der Waals surface area contributed by atoms with E-state index in [0.717, 1.165) is 6.20 Å². The zero-order chi connectivity index (χ0) is 32.0. The molecule has 0 aliphatic carbocycles. The number of benzene rings is 2. The van der Waals surface area contributed by atoms with Gasteiger partial charge in [-0.25, -0.2) is 9.37 Å². The smallest absolute Gasteiger partial charge is 0.550 e. The molecule has 3 N–H and O–H groups in total. The van der Waals surface area contributed by atoms with Crippen molar-refractivity contribution >= 4 is 23.7 Å². The average molecular weight is 648 g/mol. The van der Waals surface area contributed by atoms with E-state index < -0.39 is 42.3 Å². The maximum Gasteiger partial charge on any atom is 1.00 e. The van der Waals surface area contributed by atoms with Crippen molar-refractivity contribution in [1.29, 1.82) is 0 Å². The number of aliphatic hydroxyl groups excluding tert-OH is 2. The van der Waals surface area contributed by atoms with Crippen LogP contribution in [0.5, 0.6) is 0 Å². The molecule has 46 heavy (non-hydrogen) atoms. The number of aromatic nitrogens is 2. The van der Waals surface area contributed by atoms with Crippen molar-refractivity contribution in [2.75, 3.05) is 5.32 Å². The summed E-state index contributed by atoms with van der Waals surface area (Å²) in [5.41, 5.74) is 3.28. The Kier molecular flexibility index (Phi) is 15.3. The van der Waals surface area contributed by atoms with Crippen LogP contribution in [0.2, 0.25) is 0 Å². The predicted molar refractivity (Wildman–Crippen MR) is 157 cm³/mol. The molecular weight excluding hydrogens is 615 g/mol. The molecule has 4 rings (SSSR count). The number of rotatable bonds is 13. The number of amides is 1. The zero-order valence-electron chi connectivity index (χ0n) is 26.2. The molecular formula is C33H32FN3Na2O7.